The zero-order chi connectivity index (χ0) is 13.9. The SMILES string of the molecule is Brc1ccc(CNC2CC2)c(Oc2ccccc2Br)c1. The van der Waals surface area contributed by atoms with Crippen molar-refractivity contribution in [2.45, 2.75) is 25.4 Å². The molecular formula is C16H15Br2NO. The summed E-state index contributed by atoms with van der Waals surface area (Å²) in [6.45, 7) is 0.845. The third kappa shape index (κ3) is 3.62. The standard InChI is InChI=1S/C16H15Br2NO/c17-12-6-5-11(10-19-13-7-8-13)16(9-12)20-15-4-2-1-3-14(15)18/h1-6,9,13,19H,7-8,10H2. The number of para-hydroxylation sites is 1. The van der Waals surface area contributed by atoms with Crippen LogP contribution in [0.15, 0.2) is 51.4 Å². The summed E-state index contributed by atoms with van der Waals surface area (Å²) in [6.07, 6.45) is 2.58. The van der Waals surface area contributed by atoms with Gasteiger partial charge in [-0.2, -0.15) is 0 Å². The van der Waals surface area contributed by atoms with Gasteiger partial charge in [0.1, 0.15) is 11.5 Å². The van der Waals surface area contributed by atoms with Crippen LogP contribution < -0.4 is 10.1 Å². The second-order valence-electron chi connectivity index (χ2n) is 4.94. The Labute approximate surface area is 135 Å². The second-order valence-corrected chi connectivity index (χ2v) is 6.71. The molecule has 0 radical (unpaired) electrons. The van der Waals surface area contributed by atoms with Crippen molar-refractivity contribution in [2.75, 3.05) is 0 Å². The summed E-state index contributed by atoms with van der Waals surface area (Å²) in [5.41, 5.74) is 1.18. The largest absolute Gasteiger partial charge is 0.456 e. The molecule has 20 heavy (non-hydrogen) atoms. The minimum Gasteiger partial charge on any atom is -0.456 e. The predicted molar refractivity (Wildman–Crippen MR) is 88.2 cm³/mol. The number of hydrogen-bond acceptors (Lipinski definition) is 2. The summed E-state index contributed by atoms with van der Waals surface area (Å²) < 4.78 is 8.04. The van der Waals surface area contributed by atoms with Crippen LogP contribution in [0.5, 0.6) is 11.5 Å². The van der Waals surface area contributed by atoms with Crippen LogP contribution in [0.25, 0.3) is 0 Å². The van der Waals surface area contributed by atoms with Gasteiger partial charge in [0.2, 0.25) is 0 Å². The van der Waals surface area contributed by atoms with Crippen LogP contribution in [0.2, 0.25) is 0 Å². The molecule has 104 valence electrons. The van der Waals surface area contributed by atoms with Gasteiger partial charge in [-0.3, -0.25) is 0 Å². The Bertz CT molecular complexity index is 611. The van der Waals surface area contributed by atoms with Gasteiger partial charge in [0.05, 0.1) is 4.47 Å². The normalized spacial score (nSPS) is 14.3. The average Bonchev–Trinajstić information content (AvgIpc) is 3.25. The lowest BCUT2D eigenvalue weighted by molar-refractivity contribution is 0.469. The van der Waals surface area contributed by atoms with E-state index in [1.165, 1.54) is 18.4 Å². The van der Waals surface area contributed by atoms with Crippen molar-refractivity contribution >= 4 is 31.9 Å². The molecule has 3 rings (SSSR count). The molecule has 0 bridgehead atoms. The van der Waals surface area contributed by atoms with Gasteiger partial charge in [-0.05, 0) is 53.0 Å². The van der Waals surface area contributed by atoms with E-state index in [4.69, 9.17) is 4.74 Å². The van der Waals surface area contributed by atoms with Crippen molar-refractivity contribution in [3.63, 3.8) is 0 Å². The minimum atomic E-state index is 0.690. The van der Waals surface area contributed by atoms with Gasteiger partial charge < -0.3 is 10.1 Å². The van der Waals surface area contributed by atoms with E-state index in [1.807, 2.05) is 30.3 Å². The van der Waals surface area contributed by atoms with Crippen molar-refractivity contribution < 1.29 is 4.74 Å². The molecule has 2 nitrogen and oxygen atoms in total. The second kappa shape index (κ2) is 6.29. The molecule has 0 aromatic heterocycles. The molecule has 1 fully saturated rings. The fraction of sp³-hybridized carbons (Fsp3) is 0.250. The molecule has 0 heterocycles. The van der Waals surface area contributed by atoms with Crippen LogP contribution in [0, 0.1) is 0 Å². The first-order valence-electron chi connectivity index (χ1n) is 6.66. The number of halogens is 2. The van der Waals surface area contributed by atoms with E-state index in [2.05, 4.69) is 49.3 Å². The Kier molecular flexibility index (Phi) is 4.44. The van der Waals surface area contributed by atoms with Gasteiger partial charge in [0.15, 0.2) is 0 Å². The molecule has 0 aliphatic heterocycles. The Morgan fingerprint density at radius 3 is 2.60 bits per heavy atom. The van der Waals surface area contributed by atoms with Crippen LogP contribution >= 0.6 is 31.9 Å². The summed E-state index contributed by atoms with van der Waals surface area (Å²) in [5.74, 6) is 1.72. The summed E-state index contributed by atoms with van der Waals surface area (Å²) in [6, 6.07) is 14.8. The Morgan fingerprint density at radius 1 is 1.05 bits per heavy atom. The van der Waals surface area contributed by atoms with Crippen molar-refractivity contribution in [1.82, 2.24) is 5.32 Å². The summed E-state index contributed by atoms with van der Waals surface area (Å²) in [7, 11) is 0. The highest BCUT2D eigenvalue weighted by Crippen LogP contribution is 2.33. The molecule has 4 heteroatoms. The van der Waals surface area contributed by atoms with E-state index < -0.39 is 0 Å². The maximum Gasteiger partial charge on any atom is 0.141 e. The highest BCUT2D eigenvalue weighted by molar-refractivity contribution is 9.10. The first-order valence-corrected chi connectivity index (χ1v) is 8.25. The first-order chi connectivity index (χ1) is 9.72. The maximum absolute atomic E-state index is 6.06. The number of hydrogen-bond donors (Lipinski definition) is 1. The number of rotatable bonds is 5. The lowest BCUT2D eigenvalue weighted by Gasteiger charge is -2.13. The van der Waals surface area contributed by atoms with E-state index in [0.717, 1.165) is 27.0 Å². The van der Waals surface area contributed by atoms with Crippen LogP contribution in [-0.4, -0.2) is 6.04 Å². The van der Waals surface area contributed by atoms with Gasteiger partial charge in [0.25, 0.3) is 0 Å². The van der Waals surface area contributed by atoms with Gasteiger partial charge in [-0.15, -0.1) is 0 Å². The zero-order valence-corrected chi connectivity index (χ0v) is 14.1. The molecule has 2 aromatic rings. The smallest absolute Gasteiger partial charge is 0.141 e. The third-order valence-electron chi connectivity index (χ3n) is 3.24. The van der Waals surface area contributed by atoms with Crippen molar-refractivity contribution in [3.8, 4) is 11.5 Å². The molecule has 0 atom stereocenters. The fourth-order valence-electron chi connectivity index (χ4n) is 1.96. The highest BCUT2D eigenvalue weighted by atomic mass is 79.9. The van der Waals surface area contributed by atoms with Crippen molar-refractivity contribution in [2.24, 2.45) is 0 Å². The summed E-state index contributed by atoms with van der Waals surface area (Å²) in [5, 5.41) is 3.53. The van der Waals surface area contributed by atoms with Gasteiger partial charge >= 0.3 is 0 Å². The Morgan fingerprint density at radius 2 is 1.85 bits per heavy atom. The van der Waals surface area contributed by atoms with E-state index in [0.29, 0.717) is 6.04 Å². The van der Waals surface area contributed by atoms with Gasteiger partial charge in [0, 0.05) is 22.6 Å². The van der Waals surface area contributed by atoms with E-state index in [1.54, 1.807) is 0 Å². The first kappa shape index (κ1) is 14.1. The van der Waals surface area contributed by atoms with E-state index >= 15 is 0 Å². The molecule has 0 unspecified atom stereocenters. The van der Waals surface area contributed by atoms with Gasteiger partial charge in [-0.1, -0.05) is 34.1 Å². The van der Waals surface area contributed by atoms with Gasteiger partial charge in [-0.25, -0.2) is 0 Å². The molecule has 1 aliphatic carbocycles. The molecular weight excluding hydrogens is 382 g/mol. The predicted octanol–water partition coefficient (Wildman–Crippen LogP) is 5.26. The molecule has 0 saturated heterocycles. The zero-order valence-electron chi connectivity index (χ0n) is 10.9. The maximum atomic E-state index is 6.06. The van der Waals surface area contributed by atoms with Crippen LogP contribution in [0.4, 0.5) is 0 Å². The average molecular weight is 397 g/mol. The Balaban J connectivity index is 1.82. The summed E-state index contributed by atoms with van der Waals surface area (Å²) in [4.78, 5) is 0. The number of ether oxygens (including phenoxy) is 1. The Hall–Kier alpha value is -0.840. The van der Waals surface area contributed by atoms with Crippen molar-refractivity contribution in [1.29, 1.82) is 0 Å². The van der Waals surface area contributed by atoms with Crippen LogP contribution in [-0.2, 0) is 6.54 Å². The van der Waals surface area contributed by atoms with Crippen LogP contribution in [0.3, 0.4) is 0 Å². The monoisotopic (exact) mass is 395 g/mol. The third-order valence-corrected chi connectivity index (χ3v) is 4.39. The number of benzene rings is 2. The molecule has 0 spiro atoms. The minimum absolute atomic E-state index is 0.690. The lowest BCUT2D eigenvalue weighted by atomic mass is 10.2. The molecule has 2 aromatic carbocycles. The summed E-state index contributed by atoms with van der Waals surface area (Å²) >= 11 is 7.03. The fourth-order valence-corrected chi connectivity index (χ4v) is 2.66. The molecule has 1 aliphatic rings. The topological polar surface area (TPSA) is 21.3 Å². The molecule has 0 amide bonds. The quantitative estimate of drug-likeness (QED) is 0.744. The van der Waals surface area contributed by atoms with E-state index in [-0.39, 0.29) is 0 Å². The van der Waals surface area contributed by atoms with E-state index in [9.17, 15) is 0 Å². The molecule has 1 N–H and O–H groups in total. The lowest BCUT2D eigenvalue weighted by Crippen LogP contribution is -2.15. The van der Waals surface area contributed by atoms with Crippen molar-refractivity contribution in [3.05, 3.63) is 57.0 Å². The number of nitrogens with one attached hydrogen (secondary N) is 1. The van der Waals surface area contributed by atoms with Crippen LogP contribution in [0.1, 0.15) is 18.4 Å². The highest BCUT2D eigenvalue weighted by Gasteiger charge is 2.20. The molecule has 1 saturated carbocycles.